The van der Waals surface area contributed by atoms with Crippen LogP contribution in [-0.4, -0.2) is 16.1 Å². The van der Waals surface area contributed by atoms with Crippen molar-refractivity contribution in [1.29, 1.82) is 0 Å². The minimum atomic E-state index is -0.273. The summed E-state index contributed by atoms with van der Waals surface area (Å²) in [5.41, 5.74) is 4.96. The van der Waals surface area contributed by atoms with Gasteiger partial charge >= 0.3 is 0 Å². The molecular formula is C3H5Br2NO. The first-order valence-electron chi connectivity index (χ1n) is 1.69. The predicted octanol–water partition coefficient (Wildman–Crippen LogP) is 0.630. The molecule has 0 saturated heterocycles. The first kappa shape index (κ1) is 7.59. The molecule has 2 nitrogen and oxygen atoms in total. The maximum absolute atomic E-state index is 10.3. The number of Topliss-reactive ketones (excluding diaryl/α,β-unsaturated/α-hetero) is 1. The Morgan fingerprint density at radius 3 is 2.14 bits per heavy atom. The third-order valence-corrected chi connectivity index (χ3v) is 1.47. The van der Waals surface area contributed by atoms with Gasteiger partial charge in [0, 0.05) is 0 Å². The van der Waals surface area contributed by atoms with Crippen LogP contribution in [0, 0.1) is 0 Å². The van der Waals surface area contributed by atoms with E-state index in [9.17, 15) is 4.79 Å². The third-order valence-electron chi connectivity index (χ3n) is 0.445. The van der Waals surface area contributed by atoms with E-state index in [4.69, 9.17) is 5.73 Å². The van der Waals surface area contributed by atoms with E-state index in [1.165, 1.54) is 0 Å². The van der Waals surface area contributed by atoms with Gasteiger partial charge < -0.3 is 5.73 Å². The van der Waals surface area contributed by atoms with Gasteiger partial charge in [0.2, 0.25) is 0 Å². The van der Waals surface area contributed by atoms with Crippen LogP contribution in [0.5, 0.6) is 0 Å². The number of hydrogen-bond acceptors (Lipinski definition) is 2. The largest absolute Gasteiger partial charge is 0.324 e. The molecule has 0 saturated carbocycles. The first-order chi connectivity index (χ1) is 3.18. The highest BCUT2D eigenvalue weighted by atomic mass is 79.9. The second-order valence-electron chi connectivity index (χ2n) is 0.971. The highest BCUT2D eigenvalue weighted by molar-refractivity contribution is 9.25. The standard InChI is InChI=1S/C3H5Br2NO/c4-3(5)2(7)1-6/h3H,1,6H2. The molecule has 2 N–H and O–H groups in total. The molecule has 0 spiro atoms. The normalized spacial score (nSPS) is 9.71. The molecule has 4 heteroatoms. The average Bonchev–Trinajstić information content (AvgIpc) is 1.65. The summed E-state index contributed by atoms with van der Waals surface area (Å²) in [6.07, 6.45) is 0. The molecule has 0 unspecified atom stereocenters. The Kier molecular flexibility index (Phi) is 3.88. The molecule has 0 aromatic heterocycles. The summed E-state index contributed by atoms with van der Waals surface area (Å²) in [6, 6.07) is 0. The fourth-order valence-corrected chi connectivity index (χ4v) is 0.463. The second kappa shape index (κ2) is 3.57. The monoisotopic (exact) mass is 229 g/mol. The van der Waals surface area contributed by atoms with Crippen molar-refractivity contribution in [1.82, 2.24) is 0 Å². The molecular weight excluding hydrogens is 226 g/mol. The van der Waals surface area contributed by atoms with Crippen LogP contribution in [0.1, 0.15) is 0 Å². The summed E-state index contributed by atoms with van der Waals surface area (Å²) in [7, 11) is 0. The lowest BCUT2D eigenvalue weighted by Crippen LogP contribution is -2.18. The minimum absolute atomic E-state index is 0.0417. The lowest BCUT2D eigenvalue weighted by molar-refractivity contribution is -0.115. The van der Waals surface area contributed by atoms with E-state index in [0.29, 0.717) is 0 Å². The molecule has 0 fully saturated rings. The van der Waals surface area contributed by atoms with Crippen LogP contribution in [0.15, 0.2) is 0 Å². The van der Waals surface area contributed by atoms with E-state index < -0.39 is 0 Å². The summed E-state index contributed by atoms with van der Waals surface area (Å²) >= 11 is 5.97. The molecule has 0 rings (SSSR count). The van der Waals surface area contributed by atoms with Crippen LogP contribution in [0.2, 0.25) is 0 Å². The fraction of sp³-hybridized carbons (Fsp3) is 0.667. The van der Waals surface area contributed by atoms with Crippen molar-refractivity contribution in [3.05, 3.63) is 0 Å². The predicted molar refractivity (Wildman–Crippen MR) is 35.7 cm³/mol. The smallest absolute Gasteiger partial charge is 0.170 e. The molecule has 0 aromatic rings. The van der Waals surface area contributed by atoms with Crippen molar-refractivity contribution >= 4 is 37.6 Å². The van der Waals surface area contributed by atoms with Gasteiger partial charge in [0.25, 0.3) is 0 Å². The van der Waals surface area contributed by atoms with Crippen LogP contribution in [0.4, 0.5) is 0 Å². The van der Waals surface area contributed by atoms with Gasteiger partial charge in [-0.3, -0.25) is 4.79 Å². The molecule has 0 heterocycles. The van der Waals surface area contributed by atoms with E-state index in [0.717, 1.165) is 0 Å². The van der Waals surface area contributed by atoms with Crippen molar-refractivity contribution in [3.63, 3.8) is 0 Å². The first-order valence-corrected chi connectivity index (χ1v) is 3.52. The molecule has 0 radical (unpaired) electrons. The maximum Gasteiger partial charge on any atom is 0.170 e. The third kappa shape index (κ3) is 3.20. The number of carbonyl (C=O) groups excluding carboxylic acids is 1. The number of rotatable bonds is 2. The Labute approximate surface area is 58.7 Å². The van der Waals surface area contributed by atoms with Crippen molar-refractivity contribution in [3.8, 4) is 0 Å². The highest BCUT2D eigenvalue weighted by Gasteiger charge is 2.05. The number of halogens is 2. The Morgan fingerprint density at radius 2 is 2.14 bits per heavy atom. The summed E-state index contributed by atoms with van der Waals surface area (Å²) in [5.74, 6) is -0.0417. The SMILES string of the molecule is NCC(=O)C(Br)Br. The molecule has 0 amide bonds. The van der Waals surface area contributed by atoms with E-state index in [-0.39, 0.29) is 16.1 Å². The maximum atomic E-state index is 10.3. The van der Waals surface area contributed by atoms with Crippen molar-refractivity contribution in [2.45, 2.75) is 3.74 Å². The lowest BCUT2D eigenvalue weighted by atomic mass is 10.5. The molecule has 0 bridgehead atoms. The van der Waals surface area contributed by atoms with Crippen LogP contribution in [-0.2, 0) is 4.79 Å². The molecule has 7 heavy (non-hydrogen) atoms. The molecule has 0 aromatic carbocycles. The fourth-order valence-electron chi connectivity index (χ4n) is 0.0891. The zero-order valence-electron chi connectivity index (χ0n) is 3.53. The molecule has 42 valence electrons. The average molecular weight is 231 g/mol. The van der Waals surface area contributed by atoms with Gasteiger partial charge in [-0.05, 0) is 0 Å². The van der Waals surface area contributed by atoms with Crippen molar-refractivity contribution in [2.24, 2.45) is 5.73 Å². The van der Waals surface area contributed by atoms with Crippen molar-refractivity contribution < 1.29 is 4.79 Å². The minimum Gasteiger partial charge on any atom is -0.324 e. The zero-order chi connectivity index (χ0) is 5.86. The van der Waals surface area contributed by atoms with E-state index in [2.05, 4.69) is 31.9 Å². The number of alkyl halides is 2. The summed E-state index contributed by atoms with van der Waals surface area (Å²) in [5, 5.41) is 0. The van der Waals surface area contributed by atoms with Gasteiger partial charge in [-0.1, -0.05) is 31.9 Å². The zero-order valence-corrected chi connectivity index (χ0v) is 6.70. The van der Waals surface area contributed by atoms with E-state index in [1.807, 2.05) is 0 Å². The molecule has 0 aliphatic heterocycles. The summed E-state index contributed by atoms with van der Waals surface area (Å²) < 4.78 is -0.273. The molecule has 0 aliphatic rings. The summed E-state index contributed by atoms with van der Waals surface area (Å²) in [6.45, 7) is 0.0845. The Balaban J connectivity index is 3.35. The Bertz CT molecular complexity index is 73.3. The van der Waals surface area contributed by atoms with Gasteiger partial charge in [-0.2, -0.15) is 0 Å². The summed E-state index contributed by atoms with van der Waals surface area (Å²) in [4.78, 5) is 10.3. The topological polar surface area (TPSA) is 43.1 Å². The van der Waals surface area contributed by atoms with Crippen molar-refractivity contribution in [2.75, 3.05) is 6.54 Å². The van der Waals surface area contributed by atoms with Gasteiger partial charge in [-0.15, -0.1) is 0 Å². The number of ketones is 1. The number of hydrogen-bond donors (Lipinski definition) is 1. The van der Waals surface area contributed by atoms with Gasteiger partial charge in [0.15, 0.2) is 5.78 Å². The van der Waals surface area contributed by atoms with Gasteiger partial charge in [-0.25, -0.2) is 0 Å². The number of nitrogens with two attached hydrogens (primary N) is 1. The van der Waals surface area contributed by atoms with Gasteiger partial charge in [0.05, 0.1) is 6.54 Å². The second-order valence-corrected chi connectivity index (χ2v) is 4.03. The Morgan fingerprint density at radius 1 is 1.71 bits per heavy atom. The van der Waals surface area contributed by atoms with Crippen LogP contribution >= 0.6 is 31.9 Å². The lowest BCUT2D eigenvalue weighted by Gasteiger charge is -1.92. The van der Waals surface area contributed by atoms with Crippen LogP contribution in [0.3, 0.4) is 0 Å². The number of carbonyl (C=O) groups is 1. The molecule has 0 aliphatic carbocycles. The Hall–Kier alpha value is 0.590. The van der Waals surface area contributed by atoms with E-state index in [1.54, 1.807) is 0 Å². The van der Waals surface area contributed by atoms with E-state index >= 15 is 0 Å². The van der Waals surface area contributed by atoms with Gasteiger partial charge in [0.1, 0.15) is 3.74 Å². The van der Waals surface area contributed by atoms with Crippen LogP contribution in [0.25, 0.3) is 0 Å². The van der Waals surface area contributed by atoms with Crippen LogP contribution < -0.4 is 5.73 Å². The molecule has 0 atom stereocenters. The highest BCUT2D eigenvalue weighted by Crippen LogP contribution is 2.07. The quantitative estimate of drug-likeness (QED) is 0.708.